The first kappa shape index (κ1) is 13.2. The molecule has 1 aromatic carbocycles. The number of rotatable bonds is 4. The Labute approximate surface area is 106 Å². The van der Waals surface area contributed by atoms with E-state index in [2.05, 4.69) is 28.2 Å². The molecule has 0 unspecified atom stereocenters. The lowest BCUT2D eigenvalue weighted by molar-refractivity contribution is 0.0920. The van der Waals surface area contributed by atoms with Crippen LogP contribution in [-0.4, -0.2) is 16.8 Å². The monoisotopic (exact) mass is 283 g/mol. The summed E-state index contributed by atoms with van der Waals surface area (Å²) < 4.78 is 0. The maximum absolute atomic E-state index is 12.1. The fourth-order valence-electron chi connectivity index (χ4n) is 1.46. The summed E-state index contributed by atoms with van der Waals surface area (Å²) in [6.07, 6.45) is 0.873. The lowest BCUT2D eigenvalue weighted by Crippen LogP contribution is -2.45. The molecule has 0 aliphatic rings. The van der Waals surface area contributed by atoms with Crippen LogP contribution < -0.4 is 5.32 Å². The highest BCUT2D eigenvalue weighted by atomic mass is 79.9. The molecule has 88 valence electrons. The Balaban J connectivity index is 2.88. The number of carbonyl (C=O) groups is 1. The van der Waals surface area contributed by atoms with Crippen molar-refractivity contribution in [3.05, 3.63) is 35.4 Å². The summed E-state index contributed by atoms with van der Waals surface area (Å²) in [4.78, 5) is 12.1. The molecule has 0 radical (unpaired) electrons. The average Bonchev–Trinajstić information content (AvgIpc) is 2.28. The quantitative estimate of drug-likeness (QED) is 0.845. The van der Waals surface area contributed by atoms with E-state index in [0.29, 0.717) is 0 Å². The first-order chi connectivity index (χ1) is 7.50. The van der Waals surface area contributed by atoms with Crippen molar-refractivity contribution in [2.75, 3.05) is 5.33 Å². The van der Waals surface area contributed by atoms with E-state index in [9.17, 15) is 4.79 Å². The van der Waals surface area contributed by atoms with Gasteiger partial charge in [-0.2, -0.15) is 0 Å². The van der Waals surface area contributed by atoms with Crippen molar-refractivity contribution in [3.8, 4) is 0 Å². The van der Waals surface area contributed by atoms with Crippen LogP contribution >= 0.6 is 15.9 Å². The fourth-order valence-corrected chi connectivity index (χ4v) is 1.60. The molecule has 0 saturated heterocycles. The predicted molar refractivity (Wildman–Crippen MR) is 71.2 cm³/mol. The van der Waals surface area contributed by atoms with Gasteiger partial charge in [0.15, 0.2) is 0 Å². The minimum Gasteiger partial charge on any atom is -0.346 e. The SMILES string of the molecule is CCc1ccccc1C(=O)NC(C)(C)CBr. The Kier molecular flexibility index (Phi) is 4.54. The highest BCUT2D eigenvalue weighted by molar-refractivity contribution is 9.09. The smallest absolute Gasteiger partial charge is 0.251 e. The van der Waals surface area contributed by atoms with Gasteiger partial charge in [0.1, 0.15) is 0 Å². The summed E-state index contributed by atoms with van der Waals surface area (Å²) >= 11 is 3.39. The molecule has 0 spiro atoms. The highest BCUT2D eigenvalue weighted by Crippen LogP contribution is 2.12. The van der Waals surface area contributed by atoms with Gasteiger partial charge in [-0.15, -0.1) is 0 Å². The largest absolute Gasteiger partial charge is 0.346 e. The number of aryl methyl sites for hydroxylation is 1. The molecule has 0 atom stereocenters. The van der Waals surface area contributed by atoms with E-state index in [1.54, 1.807) is 0 Å². The van der Waals surface area contributed by atoms with Crippen molar-refractivity contribution in [1.82, 2.24) is 5.32 Å². The lowest BCUT2D eigenvalue weighted by Gasteiger charge is -2.24. The van der Waals surface area contributed by atoms with Gasteiger partial charge >= 0.3 is 0 Å². The molecule has 0 saturated carbocycles. The second-order valence-corrected chi connectivity index (χ2v) is 5.04. The third-order valence-electron chi connectivity index (χ3n) is 2.43. The molecule has 0 aromatic heterocycles. The molecule has 1 aromatic rings. The Bertz CT molecular complexity index is 374. The zero-order valence-electron chi connectivity index (χ0n) is 10.0. The van der Waals surface area contributed by atoms with Crippen LogP contribution in [0.1, 0.15) is 36.7 Å². The van der Waals surface area contributed by atoms with Gasteiger partial charge in [-0.25, -0.2) is 0 Å². The molecule has 0 aliphatic heterocycles. The lowest BCUT2D eigenvalue weighted by atomic mass is 10.0. The molecule has 3 heteroatoms. The summed E-state index contributed by atoms with van der Waals surface area (Å²) in [6.45, 7) is 6.05. The van der Waals surface area contributed by atoms with Crippen molar-refractivity contribution in [3.63, 3.8) is 0 Å². The van der Waals surface area contributed by atoms with Crippen LogP contribution in [0, 0.1) is 0 Å². The first-order valence-electron chi connectivity index (χ1n) is 5.46. The summed E-state index contributed by atoms with van der Waals surface area (Å²) in [5.74, 6) is 0.00176. The Morgan fingerprint density at radius 1 is 1.38 bits per heavy atom. The number of alkyl halides is 1. The molecular formula is C13H18BrNO. The van der Waals surface area contributed by atoms with Gasteiger partial charge < -0.3 is 5.32 Å². The van der Waals surface area contributed by atoms with Crippen LogP contribution in [0.25, 0.3) is 0 Å². The van der Waals surface area contributed by atoms with Crippen LogP contribution in [0.2, 0.25) is 0 Å². The number of hydrogen-bond acceptors (Lipinski definition) is 1. The zero-order valence-corrected chi connectivity index (χ0v) is 11.6. The van der Waals surface area contributed by atoms with Gasteiger partial charge in [-0.1, -0.05) is 41.1 Å². The molecule has 1 rings (SSSR count). The highest BCUT2D eigenvalue weighted by Gasteiger charge is 2.20. The molecule has 1 amide bonds. The zero-order chi connectivity index (χ0) is 12.2. The number of nitrogens with one attached hydrogen (secondary N) is 1. The van der Waals surface area contributed by atoms with Gasteiger partial charge in [0.25, 0.3) is 5.91 Å². The van der Waals surface area contributed by atoms with Crippen molar-refractivity contribution in [2.45, 2.75) is 32.7 Å². The molecule has 0 bridgehead atoms. The van der Waals surface area contributed by atoms with Crippen molar-refractivity contribution in [2.24, 2.45) is 0 Å². The first-order valence-corrected chi connectivity index (χ1v) is 6.58. The average molecular weight is 284 g/mol. The molecule has 0 fully saturated rings. The second-order valence-electron chi connectivity index (χ2n) is 4.48. The molecule has 16 heavy (non-hydrogen) atoms. The normalized spacial score (nSPS) is 11.2. The van der Waals surface area contributed by atoms with Gasteiger partial charge in [-0.3, -0.25) is 4.79 Å². The van der Waals surface area contributed by atoms with Crippen LogP contribution in [0.3, 0.4) is 0 Å². The maximum atomic E-state index is 12.1. The van der Waals surface area contributed by atoms with E-state index < -0.39 is 0 Å². The van der Waals surface area contributed by atoms with Gasteiger partial charge in [-0.05, 0) is 31.9 Å². The van der Waals surface area contributed by atoms with Crippen molar-refractivity contribution < 1.29 is 4.79 Å². The van der Waals surface area contributed by atoms with E-state index in [-0.39, 0.29) is 11.4 Å². The molecule has 1 N–H and O–H groups in total. The molecule has 0 heterocycles. The Morgan fingerprint density at radius 3 is 2.56 bits per heavy atom. The minimum absolute atomic E-state index is 0.00176. The van der Waals surface area contributed by atoms with Crippen LogP contribution in [0.15, 0.2) is 24.3 Å². The summed E-state index contributed by atoms with van der Waals surface area (Å²) in [5, 5.41) is 3.75. The number of benzene rings is 1. The topological polar surface area (TPSA) is 29.1 Å². The number of halogens is 1. The summed E-state index contributed by atoms with van der Waals surface area (Å²) in [7, 11) is 0. The number of hydrogen-bond donors (Lipinski definition) is 1. The van der Waals surface area contributed by atoms with Gasteiger partial charge in [0.2, 0.25) is 0 Å². The summed E-state index contributed by atoms with van der Waals surface area (Å²) in [6, 6.07) is 7.73. The third-order valence-corrected chi connectivity index (χ3v) is 3.83. The molecule has 2 nitrogen and oxygen atoms in total. The standard InChI is InChI=1S/C13H18BrNO/c1-4-10-7-5-6-8-11(10)12(16)15-13(2,3)9-14/h5-8H,4,9H2,1-3H3,(H,15,16). The van der Waals surface area contributed by atoms with Crippen molar-refractivity contribution in [1.29, 1.82) is 0 Å². The maximum Gasteiger partial charge on any atom is 0.251 e. The van der Waals surface area contributed by atoms with Crippen molar-refractivity contribution >= 4 is 21.8 Å². The number of carbonyl (C=O) groups excluding carboxylic acids is 1. The number of amides is 1. The summed E-state index contributed by atoms with van der Waals surface area (Å²) in [5.41, 5.74) is 1.64. The van der Waals surface area contributed by atoms with Crippen LogP contribution in [0.4, 0.5) is 0 Å². The Hall–Kier alpha value is -0.830. The van der Waals surface area contributed by atoms with Crippen LogP contribution in [-0.2, 0) is 6.42 Å². The minimum atomic E-state index is -0.224. The second kappa shape index (κ2) is 5.48. The van der Waals surface area contributed by atoms with E-state index in [1.807, 2.05) is 38.1 Å². The van der Waals surface area contributed by atoms with Gasteiger partial charge in [0, 0.05) is 16.4 Å². The van der Waals surface area contributed by atoms with E-state index >= 15 is 0 Å². The Morgan fingerprint density at radius 2 is 2.00 bits per heavy atom. The third kappa shape index (κ3) is 3.34. The predicted octanol–water partition coefficient (Wildman–Crippen LogP) is 3.15. The van der Waals surface area contributed by atoms with E-state index in [4.69, 9.17) is 0 Å². The van der Waals surface area contributed by atoms with E-state index in [0.717, 1.165) is 22.9 Å². The fraction of sp³-hybridized carbons (Fsp3) is 0.462. The molecule has 0 aliphatic carbocycles. The van der Waals surface area contributed by atoms with E-state index in [1.165, 1.54) is 0 Å². The van der Waals surface area contributed by atoms with Gasteiger partial charge in [0.05, 0.1) is 0 Å². The van der Waals surface area contributed by atoms with Crippen LogP contribution in [0.5, 0.6) is 0 Å². The molecular weight excluding hydrogens is 266 g/mol.